The second-order valence-electron chi connectivity index (χ2n) is 4.96. The van der Waals surface area contributed by atoms with Gasteiger partial charge in [-0.15, -0.1) is 0 Å². The fraction of sp³-hybridized carbons (Fsp3) is 0.273. The van der Waals surface area contributed by atoms with Crippen molar-refractivity contribution in [2.75, 3.05) is 0 Å². The number of aryl methyl sites for hydroxylation is 1. The standard InChI is InChI=1S/C18H14.2C2H6/c1-3-7-16-13(5-1)9-11-15-12-10-14-6-2-4-8-17(14)18(15)16;2*1-2/h1,3-5,7-12H,2,6H2;2*1-2H3. The van der Waals surface area contributed by atoms with E-state index in [1.807, 2.05) is 27.7 Å². The van der Waals surface area contributed by atoms with Crippen LogP contribution >= 0.6 is 0 Å². The van der Waals surface area contributed by atoms with E-state index < -0.39 is 0 Å². The van der Waals surface area contributed by atoms with Gasteiger partial charge in [0.25, 0.3) is 0 Å². The monoisotopic (exact) mass is 290 g/mol. The van der Waals surface area contributed by atoms with Crippen LogP contribution < -0.4 is 0 Å². The predicted octanol–water partition coefficient (Wildman–Crippen LogP) is 7.00. The molecule has 0 unspecified atom stereocenters. The van der Waals surface area contributed by atoms with Crippen LogP contribution in [0.2, 0.25) is 0 Å². The smallest absolute Gasteiger partial charge is 0.00302 e. The molecule has 0 heteroatoms. The lowest BCUT2D eigenvalue weighted by Gasteiger charge is -2.15. The molecule has 3 aromatic rings. The molecule has 0 heterocycles. The largest absolute Gasteiger partial charge is 0.0836 e. The molecule has 0 atom stereocenters. The highest BCUT2D eigenvalue weighted by atomic mass is 14.1. The van der Waals surface area contributed by atoms with E-state index in [0.717, 1.165) is 0 Å². The lowest BCUT2D eigenvalue weighted by molar-refractivity contribution is 0.990. The zero-order chi connectivity index (χ0) is 15.9. The van der Waals surface area contributed by atoms with Crippen molar-refractivity contribution in [2.45, 2.75) is 40.5 Å². The third kappa shape index (κ3) is 2.92. The van der Waals surface area contributed by atoms with Gasteiger partial charge in [0, 0.05) is 0 Å². The maximum absolute atomic E-state index is 2.30. The van der Waals surface area contributed by atoms with Gasteiger partial charge in [0.05, 0.1) is 0 Å². The molecule has 0 aromatic heterocycles. The van der Waals surface area contributed by atoms with E-state index in [-0.39, 0.29) is 0 Å². The molecule has 0 fully saturated rings. The third-order valence-corrected chi connectivity index (χ3v) is 3.91. The van der Waals surface area contributed by atoms with Crippen molar-refractivity contribution in [1.29, 1.82) is 0 Å². The van der Waals surface area contributed by atoms with Gasteiger partial charge >= 0.3 is 0 Å². The topological polar surface area (TPSA) is 0 Å². The highest BCUT2D eigenvalue weighted by Gasteiger charge is 2.10. The van der Waals surface area contributed by atoms with E-state index in [1.165, 1.54) is 45.5 Å². The molecule has 114 valence electrons. The molecule has 22 heavy (non-hydrogen) atoms. The molecule has 0 aliphatic heterocycles. The Bertz CT molecular complexity index is 778. The summed E-state index contributed by atoms with van der Waals surface area (Å²) in [4.78, 5) is 0. The van der Waals surface area contributed by atoms with Crippen LogP contribution in [0.5, 0.6) is 0 Å². The molecule has 3 aromatic carbocycles. The van der Waals surface area contributed by atoms with Crippen LogP contribution in [-0.2, 0) is 6.42 Å². The maximum Gasteiger partial charge on any atom is -0.00302 e. The van der Waals surface area contributed by atoms with Crippen LogP contribution in [0.25, 0.3) is 27.6 Å². The Morgan fingerprint density at radius 3 is 2.23 bits per heavy atom. The summed E-state index contributed by atoms with van der Waals surface area (Å²) in [7, 11) is 0. The van der Waals surface area contributed by atoms with Crippen molar-refractivity contribution in [3.05, 3.63) is 65.7 Å². The molecule has 1 aliphatic rings. The summed E-state index contributed by atoms with van der Waals surface area (Å²) < 4.78 is 0. The molecule has 0 spiro atoms. The van der Waals surface area contributed by atoms with E-state index >= 15 is 0 Å². The summed E-state index contributed by atoms with van der Waals surface area (Å²) >= 11 is 0. The Morgan fingerprint density at radius 1 is 0.727 bits per heavy atom. The highest BCUT2D eigenvalue weighted by Crippen LogP contribution is 2.33. The van der Waals surface area contributed by atoms with Crippen LogP contribution in [0.15, 0.2) is 54.6 Å². The second kappa shape index (κ2) is 7.79. The van der Waals surface area contributed by atoms with E-state index in [9.17, 15) is 0 Å². The van der Waals surface area contributed by atoms with E-state index in [0.29, 0.717) is 0 Å². The molecule has 0 N–H and O–H groups in total. The van der Waals surface area contributed by atoms with Gasteiger partial charge in [0.15, 0.2) is 0 Å². The number of allylic oxidation sites excluding steroid dienone is 1. The minimum atomic E-state index is 1.17. The lowest BCUT2D eigenvalue weighted by atomic mass is 9.90. The number of benzene rings is 3. The molecular formula is C22H26. The average molecular weight is 290 g/mol. The fourth-order valence-corrected chi connectivity index (χ4v) is 3.02. The minimum absolute atomic E-state index is 1.17. The molecule has 0 radical (unpaired) electrons. The first-order valence-corrected chi connectivity index (χ1v) is 8.53. The van der Waals surface area contributed by atoms with Gasteiger partial charge in [-0.3, -0.25) is 0 Å². The van der Waals surface area contributed by atoms with E-state index in [1.54, 1.807) is 0 Å². The number of hydrogen-bond donors (Lipinski definition) is 0. The first-order chi connectivity index (χ1) is 10.9. The van der Waals surface area contributed by atoms with Crippen LogP contribution in [0.4, 0.5) is 0 Å². The minimum Gasteiger partial charge on any atom is -0.0836 e. The molecule has 4 rings (SSSR count). The molecule has 0 saturated carbocycles. The van der Waals surface area contributed by atoms with Gasteiger partial charge in [-0.25, -0.2) is 0 Å². The van der Waals surface area contributed by atoms with Crippen molar-refractivity contribution in [2.24, 2.45) is 0 Å². The SMILES string of the molecule is C1=Cc2c(ccc3ccc4ccccc4c23)CC1.CC.CC. The Labute approximate surface area is 134 Å². The van der Waals surface area contributed by atoms with E-state index in [2.05, 4.69) is 60.7 Å². The number of rotatable bonds is 0. The van der Waals surface area contributed by atoms with Gasteiger partial charge in [-0.1, -0.05) is 88.4 Å². The average Bonchev–Trinajstić information content (AvgIpc) is 2.64. The summed E-state index contributed by atoms with van der Waals surface area (Å²) in [5.74, 6) is 0. The molecule has 0 bridgehead atoms. The van der Waals surface area contributed by atoms with Gasteiger partial charge in [0.2, 0.25) is 0 Å². The van der Waals surface area contributed by atoms with E-state index in [4.69, 9.17) is 0 Å². The lowest BCUT2D eigenvalue weighted by Crippen LogP contribution is -1.95. The van der Waals surface area contributed by atoms with Crippen molar-refractivity contribution >= 4 is 27.6 Å². The Hall–Kier alpha value is -2.08. The van der Waals surface area contributed by atoms with Crippen molar-refractivity contribution in [1.82, 2.24) is 0 Å². The van der Waals surface area contributed by atoms with Crippen molar-refractivity contribution in [3.63, 3.8) is 0 Å². The molecule has 1 aliphatic carbocycles. The normalized spacial score (nSPS) is 12.0. The van der Waals surface area contributed by atoms with Gasteiger partial charge < -0.3 is 0 Å². The summed E-state index contributed by atoms with van der Waals surface area (Å²) in [5, 5.41) is 5.47. The molecular weight excluding hydrogens is 264 g/mol. The quantitative estimate of drug-likeness (QED) is 0.391. The summed E-state index contributed by atoms with van der Waals surface area (Å²) in [5.41, 5.74) is 2.91. The van der Waals surface area contributed by atoms with Gasteiger partial charge in [0.1, 0.15) is 0 Å². The van der Waals surface area contributed by atoms with Crippen LogP contribution in [-0.4, -0.2) is 0 Å². The Kier molecular flexibility index (Phi) is 5.77. The van der Waals surface area contributed by atoms with Crippen LogP contribution in [0, 0.1) is 0 Å². The van der Waals surface area contributed by atoms with Gasteiger partial charge in [-0.2, -0.15) is 0 Å². The molecule has 0 saturated heterocycles. The summed E-state index contributed by atoms with van der Waals surface area (Å²) in [6.45, 7) is 8.00. The fourth-order valence-electron chi connectivity index (χ4n) is 3.02. The number of fused-ring (bicyclic) bond motifs is 5. The highest BCUT2D eigenvalue weighted by molar-refractivity contribution is 6.11. The zero-order valence-electron chi connectivity index (χ0n) is 14.2. The third-order valence-electron chi connectivity index (χ3n) is 3.91. The van der Waals surface area contributed by atoms with Crippen LogP contribution in [0.1, 0.15) is 45.2 Å². The first kappa shape index (κ1) is 16.3. The van der Waals surface area contributed by atoms with Gasteiger partial charge in [-0.05, 0) is 45.5 Å². The summed E-state index contributed by atoms with van der Waals surface area (Å²) in [6, 6.07) is 17.7. The summed E-state index contributed by atoms with van der Waals surface area (Å²) in [6.07, 6.45) is 6.94. The Balaban J connectivity index is 0.000000410. The Morgan fingerprint density at radius 2 is 1.41 bits per heavy atom. The molecule has 0 amide bonds. The second-order valence-corrected chi connectivity index (χ2v) is 4.96. The van der Waals surface area contributed by atoms with Crippen molar-refractivity contribution < 1.29 is 0 Å². The zero-order valence-corrected chi connectivity index (χ0v) is 14.2. The predicted molar refractivity (Wildman–Crippen MR) is 102 cm³/mol. The number of hydrogen-bond acceptors (Lipinski definition) is 0. The van der Waals surface area contributed by atoms with Crippen LogP contribution in [0.3, 0.4) is 0 Å². The first-order valence-electron chi connectivity index (χ1n) is 8.53. The van der Waals surface area contributed by atoms with Crippen molar-refractivity contribution in [3.8, 4) is 0 Å². The maximum atomic E-state index is 2.30. The molecule has 0 nitrogen and oxygen atoms in total.